The number of pyridine rings is 1. The summed E-state index contributed by atoms with van der Waals surface area (Å²) in [6, 6.07) is 10.1. The van der Waals surface area contributed by atoms with Gasteiger partial charge in [-0.3, -0.25) is 14.5 Å². The second-order valence-electron chi connectivity index (χ2n) is 8.62. The Balaban J connectivity index is 1.37. The fourth-order valence-electron chi connectivity index (χ4n) is 4.85. The summed E-state index contributed by atoms with van der Waals surface area (Å²) in [6.45, 7) is 2.16. The highest BCUT2D eigenvalue weighted by Gasteiger charge is 2.31. The molecule has 2 aromatic heterocycles. The summed E-state index contributed by atoms with van der Waals surface area (Å²) in [7, 11) is -3.73. The highest BCUT2D eigenvalue weighted by atomic mass is 32.2. The van der Waals surface area contributed by atoms with E-state index in [0.717, 1.165) is 43.6 Å². The first-order valence-electron chi connectivity index (χ1n) is 11.3. The molecule has 0 saturated carbocycles. The van der Waals surface area contributed by atoms with Crippen LogP contribution in [0.25, 0.3) is 5.65 Å². The van der Waals surface area contributed by atoms with Crippen molar-refractivity contribution in [3.8, 4) is 0 Å². The lowest BCUT2D eigenvalue weighted by Gasteiger charge is -2.32. The Kier molecular flexibility index (Phi) is 5.75. The molecule has 2 saturated heterocycles. The predicted octanol–water partition coefficient (Wildman–Crippen LogP) is 3.20. The lowest BCUT2D eigenvalue weighted by Crippen LogP contribution is -2.36. The van der Waals surface area contributed by atoms with Crippen LogP contribution in [-0.4, -0.2) is 58.4 Å². The number of rotatable bonds is 5. The molecule has 0 unspecified atom stereocenters. The maximum absolute atomic E-state index is 13.0. The molecule has 4 heterocycles. The smallest absolute Gasteiger partial charge is 0.293 e. The maximum Gasteiger partial charge on any atom is 0.293 e. The van der Waals surface area contributed by atoms with Crippen molar-refractivity contribution >= 4 is 27.0 Å². The number of aromatic nitrogens is 3. The van der Waals surface area contributed by atoms with Crippen molar-refractivity contribution in [1.82, 2.24) is 18.9 Å². The molecule has 33 heavy (non-hydrogen) atoms. The molecule has 2 aliphatic heterocycles. The molecular weight excluding hydrogens is 444 g/mol. The lowest BCUT2D eigenvalue weighted by molar-refractivity contribution is -0.384. The molecule has 0 radical (unpaired) electrons. The third-order valence-corrected chi connectivity index (χ3v) is 8.53. The number of piperidine rings is 2. The number of sulfonamides is 1. The molecule has 5 rings (SSSR count). The summed E-state index contributed by atoms with van der Waals surface area (Å²) in [5, 5.41) is 20.5. The minimum atomic E-state index is -3.73. The third-order valence-electron chi connectivity index (χ3n) is 6.64. The summed E-state index contributed by atoms with van der Waals surface area (Å²) in [5.74, 6) is 1.11. The van der Waals surface area contributed by atoms with Crippen LogP contribution in [0.2, 0.25) is 0 Å². The zero-order valence-electron chi connectivity index (χ0n) is 18.2. The second kappa shape index (κ2) is 8.71. The number of fused-ring (bicyclic) bond motifs is 1. The van der Waals surface area contributed by atoms with Crippen LogP contribution in [0.5, 0.6) is 0 Å². The molecule has 1 aromatic carbocycles. The van der Waals surface area contributed by atoms with Crippen LogP contribution in [0.4, 0.5) is 11.4 Å². The van der Waals surface area contributed by atoms with Crippen molar-refractivity contribution in [2.45, 2.75) is 42.9 Å². The van der Waals surface area contributed by atoms with Crippen LogP contribution in [-0.2, 0) is 10.0 Å². The number of nitro groups is 1. The van der Waals surface area contributed by atoms with Gasteiger partial charge in [0.1, 0.15) is 11.5 Å². The van der Waals surface area contributed by atoms with E-state index in [0.29, 0.717) is 31.9 Å². The van der Waals surface area contributed by atoms with Crippen molar-refractivity contribution in [3.63, 3.8) is 0 Å². The quantitative estimate of drug-likeness (QED) is 0.415. The van der Waals surface area contributed by atoms with Gasteiger partial charge >= 0.3 is 0 Å². The van der Waals surface area contributed by atoms with Crippen LogP contribution in [0.15, 0.2) is 47.5 Å². The minimum absolute atomic E-state index is 0.00957. The Hall–Kier alpha value is -3.05. The molecule has 174 valence electrons. The van der Waals surface area contributed by atoms with E-state index in [9.17, 15) is 18.5 Å². The van der Waals surface area contributed by atoms with E-state index in [2.05, 4.69) is 10.2 Å². The Morgan fingerprint density at radius 1 is 0.970 bits per heavy atom. The highest BCUT2D eigenvalue weighted by Crippen LogP contribution is 2.36. The number of hydrogen-bond acceptors (Lipinski definition) is 7. The van der Waals surface area contributed by atoms with Crippen LogP contribution in [0.3, 0.4) is 0 Å². The van der Waals surface area contributed by atoms with Crippen LogP contribution < -0.4 is 4.90 Å². The minimum Gasteiger partial charge on any atom is -0.366 e. The Bertz CT molecular complexity index is 1280. The average Bonchev–Trinajstić information content (AvgIpc) is 3.28. The van der Waals surface area contributed by atoms with Gasteiger partial charge in [0.05, 0.1) is 9.82 Å². The van der Waals surface area contributed by atoms with Crippen LogP contribution in [0.1, 0.15) is 43.8 Å². The van der Waals surface area contributed by atoms with E-state index in [1.54, 1.807) is 6.07 Å². The standard InChI is InChI=1S/C22H26N6O4S/c29-28(30)20-16-18(33(31,32)26-11-3-1-4-12-26)7-8-19(20)25-14-9-17(10-15-25)22-24-23-21-6-2-5-13-27(21)22/h2,5-8,13,16-17H,1,3-4,9-12,14-15H2. The monoisotopic (exact) mass is 470 g/mol. The topological polar surface area (TPSA) is 114 Å². The molecule has 0 atom stereocenters. The fourth-order valence-corrected chi connectivity index (χ4v) is 6.39. The fraction of sp³-hybridized carbons (Fsp3) is 0.455. The normalized spacial score (nSPS) is 18.6. The van der Waals surface area contributed by atoms with Crippen LogP contribution in [0, 0.1) is 10.1 Å². The first kappa shape index (κ1) is 21.8. The summed E-state index contributed by atoms with van der Waals surface area (Å²) in [4.78, 5) is 13.3. The highest BCUT2D eigenvalue weighted by molar-refractivity contribution is 7.89. The molecule has 11 heteroatoms. The van der Waals surface area contributed by atoms with Gasteiger partial charge in [-0.05, 0) is 49.9 Å². The van der Waals surface area contributed by atoms with E-state index in [-0.39, 0.29) is 16.5 Å². The molecule has 0 N–H and O–H groups in total. The maximum atomic E-state index is 13.0. The van der Waals surface area contributed by atoms with Crippen molar-refractivity contribution in [1.29, 1.82) is 0 Å². The van der Waals surface area contributed by atoms with Gasteiger partial charge in [-0.2, -0.15) is 4.31 Å². The predicted molar refractivity (Wildman–Crippen MR) is 123 cm³/mol. The number of nitro benzene ring substituents is 1. The van der Waals surface area contributed by atoms with Gasteiger partial charge in [-0.25, -0.2) is 8.42 Å². The molecule has 3 aromatic rings. The Labute approximate surface area is 192 Å². The van der Waals surface area contributed by atoms with E-state index in [1.807, 2.05) is 33.7 Å². The number of nitrogens with zero attached hydrogens (tertiary/aromatic N) is 6. The van der Waals surface area contributed by atoms with Gasteiger partial charge < -0.3 is 4.90 Å². The van der Waals surface area contributed by atoms with Crippen molar-refractivity contribution in [2.24, 2.45) is 0 Å². The second-order valence-corrected chi connectivity index (χ2v) is 10.6. The first-order chi connectivity index (χ1) is 15.9. The van der Waals surface area contributed by atoms with Gasteiger partial charge in [0, 0.05) is 44.4 Å². The molecule has 0 amide bonds. The molecule has 10 nitrogen and oxygen atoms in total. The van der Waals surface area contributed by atoms with E-state index >= 15 is 0 Å². The van der Waals surface area contributed by atoms with Crippen molar-refractivity contribution < 1.29 is 13.3 Å². The summed E-state index contributed by atoms with van der Waals surface area (Å²) >= 11 is 0. The van der Waals surface area contributed by atoms with Gasteiger partial charge in [-0.15, -0.1) is 10.2 Å². The number of hydrogen-bond donors (Lipinski definition) is 0. The largest absolute Gasteiger partial charge is 0.366 e. The van der Waals surface area contributed by atoms with Crippen molar-refractivity contribution in [3.05, 3.63) is 58.5 Å². The molecule has 0 aliphatic carbocycles. The van der Waals surface area contributed by atoms with E-state index < -0.39 is 14.9 Å². The lowest BCUT2D eigenvalue weighted by atomic mass is 9.95. The van der Waals surface area contributed by atoms with Gasteiger partial charge in [0.25, 0.3) is 5.69 Å². The van der Waals surface area contributed by atoms with Crippen molar-refractivity contribution in [2.75, 3.05) is 31.1 Å². The molecule has 0 bridgehead atoms. The Morgan fingerprint density at radius 3 is 2.45 bits per heavy atom. The number of anilines is 1. The average molecular weight is 471 g/mol. The van der Waals surface area contributed by atoms with Gasteiger partial charge in [0.15, 0.2) is 5.65 Å². The summed E-state index contributed by atoms with van der Waals surface area (Å²) < 4.78 is 29.4. The molecular formula is C22H26N6O4S. The third kappa shape index (κ3) is 4.06. The van der Waals surface area contributed by atoms with E-state index in [4.69, 9.17) is 0 Å². The molecule has 2 aliphatic rings. The Morgan fingerprint density at radius 2 is 1.73 bits per heavy atom. The van der Waals surface area contributed by atoms with Gasteiger partial charge in [-0.1, -0.05) is 12.5 Å². The summed E-state index contributed by atoms with van der Waals surface area (Å²) in [6.07, 6.45) is 6.14. The summed E-state index contributed by atoms with van der Waals surface area (Å²) in [5.41, 5.74) is 1.10. The van der Waals surface area contributed by atoms with Crippen LogP contribution >= 0.6 is 0 Å². The zero-order chi connectivity index (χ0) is 23.0. The van der Waals surface area contributed by atoms with E-state index in [1.165, 1.54) is 16.4 Å². The molecule has 0 spiro atoms. The number of benzene rings is 1. The first-order valence-corrected chi connectivity index (χ1v) is 12.7. The van der Waals surface area contributed by atoms with Gasteiger partial charge in [0.2, 0.25) is 10.0 Å². The SMILES string of the molecule is O=[N+]([O-])c1cc(S(=O)(=O)N2CCCCC2)ccc1N1CCC(c2nnc3ccccn23)CC1. The molecule has 2 fully saturated rings. The zero-order valence-corrected chi connectivity index (χ0v) is 19.0.